The van der Waals surface area contributed by atoms with Gasteiger partial charge in [-0.1, -0.05) is 6.42 Å². The summed E-state index contributed by atoms with van der Waals surface area (Å²) >= 11 is 1.85. The van der Waals surface area contributed by atoms with Crippen molar-refractivity contribution in [1.29, 1.82) is 5.26 Å². The van der Waals surface area contributed by atoms with Crippen molar-refractivity contribution >= 4 is 17.4 Å². The van der Waals surface area contributed by atoms with E-state index in [0.717, 1.165) is 19.5 Å². The fourth-order valence-corrected chi connectivity index (χ4v) is 3.08. The SMILES string of the molecule is CSC1CCCCN(c2ccc(C#N)cc2F)C1. The molecule has 1 heterocycles. The lowest BCUT2D eigenvalue weighted by Gasteiger charge is -2.26. The van der Waals surface area contributed by atoms with Crippen molar-refractivity contribution in [2.24, 2.45) is 0 Å². The summed E-state index contributed by atoms with van der Waals surface area (Å²) in [5, 5.41) is 9.33. The van der Waals surface area contributed by atoms with Gasteiger partial charge in [0.05, 0.1) is 17.3 Å². The van der Waals surface area contributed by atoms with Gasteiger partial charge in [-0.3, -0.25) is 0 Å². The molecule has 1 fully saturated rings. The zero-order valence-electron chi connectivity index (χ0n) is 10.5. The van der Waals surface area contributed by atoms with Crippen LogP contribution in [0, 0.1) is 17.1 Å². The number of anilines is 1. The highest BCUT2D eigenvalue weighted by Crippen LogP contribution is 2.27. The maximum atomic E-state index is 14.0. The first-order chi connectivity index (χ1) is 8.74. The van der Waals surface area contributed by atoms with Crippen LogP contribution in [0.5, 0.6) is 0 Å². The standard InChI is InChI=1S/C14H17FN2S/c1-18-12-4-2-3-7-17(10-12)14-6-5-11(9-16)8-13(14)15/h5-6,8,12H,2-4,7,10H2,1H3. The van der Waals surface area contributed by atoms with Gasteiger partial charge in [-0.05, 0) is 37.3 Å². The average molecular weight is 264 g/mol. The Hall–Kier alpha value is -1.21. The van der Waals surface area contributed by atoms with Gasteiger partial charge in [0.15, 0.2) is 0 Å². The Morgan fingerprint density at radius 1 is 1.44 bits per heavy atom. The molecule has 2 nitrogen and oxygen atoms in total. The second-order valence-electron chi connectivity index (χ2n) is 4.58. The molecule has 0 radical (unpaired) electrons. The van der Waals surface area contributed by atoms with E-state index in [4.69, 9.17) is 5.26 Å². The van der Waals surface area contributed by atoms with E-state index in [1.54, 1.807) is 12.1 Å². The molecule has 0 aromatic heterocycles. The summed E-state index contributed by atoms with van der Waals surface area (Å²) < 4.78 is 14.0. The number of thioether (sulfide) groups is 1. The van der Waals surface area contributed by atoms with Crippen LogP contribution in [0.3, 0.4) is 0 Å². The van der Waals surface area contributed by atoms with E-state index in [-0.39, 0.29) is 5.82 Å². The van der Waals surface area contributed by atoms with E-state index in [0.29, 0.717) is 16.5 Å². The van der Waals surface area contributed by atoms with Gasteiger partial charge < -0.3 is 4.90 Å². The number of hydrogen-bond donors (Lipinski definition) is 0. The Morgan fingerprint density at radius 3 is 2.94 bits per heavy atom. The molecule has 1 unspecified atom stereocenters. The summed E-state index contributed by atoms with van der Waals surface area (Å²) in [5.74, 6) is -0.282. The third-order valence-electron chi connectivity index (χ3n) is 3.38. The summed E-state index contributed by atoms with van der Waals surface area (Å²) in [6.07, 6.45) is 5.63. The van der Waals surface area contributed by atoms with Gasteiger partial charge in [-0.25, -0.2) is 4.39 Å². The van der Waals surface area contributed by atoms with Gasteiger partial charge in [0.1, 0.15) is 5.82 Å². The Balaban J connectivity index is 2.21. The van der Waals surface area contributed by atoms with Crippen LogP contribution in [0.1, 0.15) is 24.8 Å². The molecule has 1 aromatic carbocycles. The number of hydrogen-bond acceptors (Lipinski definition) is 3. The third kappa shape index (κ3) is 2.97. The van der Waals surface area contributed by atoms with Crippen molar-refractivity contribution in [2.45, 2.75) is 24.5 Å². The van der Waals surface area contributed by atoms with E-state index in [9.17, 15) is 4.39 Å². The molecule has 0 saturated carbocycles. The second-order valence-corrected chi connectivity index (χ2v) is 5.72. The number of rotatable bonds is 2. The van der Waals surface area contributed by atoms with Gasteiger partial charge in [0, 0.05) is 18.3 Å². The van der Waals surface area contributed by atoms with Crippen LogP contribution >= 0.6 is 11.8 Å². The lowest BCUT2D eigenvalue weighted by Crippen LogP contribution is -2.30. The summed E-state index contributed by atoms with van der Waals surface area (Å²) in [6, 6.07) is 6.72. The van der Waals surface area contributed by atoms with Crippen LogP contribution in [0.2, 0.25) is 0 Å². The minimum Gasteiger partial charge on any atom is -0.368 e. The van der Waals surface area contributed by atoms with Gasteiger partial charge in [0.2, 0.25) is 0 Å². The summed E-state index contributed by atoms with van der Waals surface area (Å²) in [7, 11) is 0. The maximum Gasteiger partial charge on any atom is 0.147 e. The van der Waals surface area contributed by atoms with Crippen LogP contribution in [0.15, 0.2) is 18.2 Å². The van der Waals surface area contributed by atoms with Crippen LogP contribution in [-0.2, 0) is 0 Å². The molecule has 1 aliphatic rings. The van der Waals surface area contributed by atoms with Crippen molar-refractivity contribution in [2.75, 3.05) is 24.2 Å². The average Bonchev–Trinajstić information content (AvgIpc) is 2.63. The summed E-state index contributed by atoms with van der Waals surface area (Å²) in [5.41, 5.74) is 1.02. The fourth-order valence-electron chi connectivity index (χ4n) is 2.35. The molecular formula is C14H17FN2S. The fraction of sp³-hybridized carbons (Fsp3) is 0.500. The lowest BCUT2D eigenvalue weighted by atomic mass is 10.2. The molecule has 1 atom stereocenters. The summed E-state index contributed by atoms with van der Waals surface area (Å²) in [6.45, 7) is 1.80. The van der Waals surface area contributed by atoms with Crippen LogP contribution < -0.4 is 4.90 Å². The Kier molecular flexibility index (Phi) is 4.48. The predicted octanol–water partition coefficient (Wildman–Crippen LogP) is 3.42. The van der Waals surface area contributed by atoms with Crippen molar-refractivity contribution in [3.8, 4) is 6.07 Å². The lowest BCUT2D eigenvalue weighted by molar-refractivity contribution is 0.617. The second kappa shape index (κ2) is 6.10. The normalized spacial score (nSPS) is 20.3. The highest BCUT2D eigenvalue weighted by Gasteiger charge is 2.19. The van der Waals surface area contributed by atoms with Crippen molar-refractivity contribution in [3.05, 3.63) is 29.6 Å². The Morgan fingerprint density at radius 2 is 2.28 bits per heavy atom. The molecular weight excluding hydrogens is 247 g/mol. The van der Waals surface area contributed by atoms with Crippen molar-refractivity contribution in [3.63, 3.8) is 0 Å². The molecule has 1 aromatic rings. The Labute approximate surface area is 112 Å². The minimum atomic E-state index is -0.282. The highest BCUT2D eigenvalue weighted by molar-refractivity contribution is 7.99. The number of nitrogens with zero attached hydrogens (tertiary/aromatic N) is 2. The van der Waals surface area contributed by atoms with E-state index in [2.05, 4.69) is 11.2 Å². The van der Waals surface area contributed by atoms with Crippen molar-refractivity contribution < 1.29 is 4.39 Å². The van der Waals surface area contributed by atoms with Gasteiger partial charge in [-0.15, -0.1) is 0 Å². The highest BCUT2D eigenvalue weighted by atomic mass is 32.2. The van der Waals surface area contributed by atoms with Gasteiger partial charge in [0.25, 0.3) is 0 Å². The van der Waals surface area contributed by atoms with Crippen LogP contribution in [0.4, 0.5) is 10.1 Å². The molecule has 0 bridgehead atoms. The zero-order chi connectivity index (χ0) is 13.0. The van der Waals surface area contributed by atoms with Crippen LogP contribution in [0.25, 0.3) is 0 Å². The Bertz CT molecular complexity index is 456. The van der Waals surface area contributed by atoms with Gasteiger partial charge >= 0.3 is 0 Å². The molecule has 1 saturated heterocycles. The molecule has 4 heteroatoms. The monoisotopic (exact) mass is 264 g/mol. The van der Waals surface area contributed by atoms with Crippen molar-refractivity contribution in [1.82, 2.24) is 0 Å². The number of benzene rings is 1. The number of nitriles is 1. The smallest absolute Gasteiger partial charge is 0.147 e. The molecule has 2 rings (SSSR count). The molecule has 0 aliphatic carbocycles. The molecule has 96 valence electrons. The molecule has 0 amide bonds. The third-order valence-corrected chi connectivity index (χ3v) is 4.43. The predicted molar refractivity (Wildman–Crippen MR) is 74.5 cm³/mol. The van der Waals surface area contributed by atoms with Crippen LogP contribution in [-0.4, -0.2) is 24.6 Å². The summed E-state index contributed by atoms with van der Waals surface area (Å²) in [4.78, 5) is 2.12. The molecule has 0 N–H and O–H groups in total. The first-order valence-corrected chi connectivity index (χ1v) is 7.51. The largest absolute Gasteiger partial charge is 0.368 e. The molecule has 18 heavy (non-hydrogen) atoms. The van der Waals surface area contributed by atoms with E-state index < -0.39 is 0 Å². The van der Waals surface area contributed by atoms with Gasteiger partial charge in [-0.2, -0.15) is 17.0 Å². The van der Waals surface area contributed by atoms with E-state index >= 15 is 0 Å². The zero-order valence-corrected chi connectivity index (χ0v) is 11.3. The quantitative estimate of drug-likeness (QED) is 0.819. The molecule has 0 spiro atoms. The maximum absolute atomic E-state index is 14.0. The van der Waals surface area contributed by atoms with E-state index in [1.165, 1.54) is 18.9 Å². The first kappa shape index (κ1) is 13.2. The number of halogens is 1. The topological polar surface area (TPSA) is 27.0 Å². The molecule has 1 aliphatic heterocycles. The first-order valence-electron chi connectivity index (χ1n) is 6.22. The minimum absolute atomic E-state index is 0.282. The van der Waals surface area contributed by atoms with E-state index in [1.807, 2.05) is 17.8 Å².